The number of amides is 1. The van der Waals surface area contributed by atoms with Crippen molar-refractivity contribution in [3.63, 3.8) is 0 Å². The van der Waals surface area contributed by atoms with Crippen LogP contribution in [0.15, 0.2) is 42.5 Å². The second-order valence-electron chi connectivity index (χ2n) is 5.77. The quantitative estimate of drug-likeness (QED) is 0.843. The Morgan fingerprint density at radius 3 is 2.70 bits per heavy atom. The minimum Gasteiger partial charge on any atom is -0.399 e. The van der Waals surface area contributed by atoms with Gasteiger partial charge < -0.3 is 11.1 Å². The van der Waals surface area contributed by atoms with Crippen molar-refractivity contribution in [1.29, 1.82) is 0 Å². The van der Waals surface area contributed by atoms with E-state index in [1.54, 1.807) is 12.1 Å². The summed E-state index contributed by atoms with van der Waals surface area (Å²) in [6.45, 7) is 0. The summed E-state index contributed by atoms with van der Waals surface area (Å²) in [6, 6.07) is 12.0. The first kappa shape index (κ1) is 17.3. The number of nitrogens with one attached hydrogen (secondary N) is 1. The fraction of sp³-hybridized carbons (Fsp3) is 0.278. The van der Waals surface area contributed by atoms with Crippen LogP contribution in [-0.2, 0) is 17.6 Å². The molecule has 122 valence electrons. The molecule has 3 rings (SSSR count). The van der Waals surface area contributed by atoms with E-state index in [1.165, 1.54) is 17.7 Å². The molecular formula is C18H20ClFN2O. The van der Waals surface area contributed by atoms with Gasteiger partial charge in [0.1, 0.15) is 5.82 Å². The fourth-order valence-corrected chi connectivity index (χ4v) is 3.02. The molecule has 1 atom stereocenters. The molecule has 0 aliphatic heterocycles. The first-order valence-electron chi connectivity index (χ1n) is 7.54. The van der Waals surface area contributed by atoms with Crippen LogP contribution in [0.2, 0.25) is 0 Å². The molecule has 1 unspecified atom stereocenters. The Morgan fingerprint density at radius 2 is 1.96 bits per heavy atom. The van der Waals surface area contributed by atoms with E-state index >= 15 is 0 Å². The van der Waals surface area contributed by atoms with Crippen LogP contribution in [0.4, 0.5) is 10.1 Å². The summed E-state index contributed by atoms with van der Waals surface area (Å²) < 4.78 is 12.9. The third kappa shape index (κ3) is 4.23. The maximum atomic E-state index is 12.9. The number of halogens is 2. The maximum absolute atomic E-state index is 12.9. The van der Waals surface area contributed by atoms with Crippen LogP contribution in [0.3, 0.4) is 0 Å². The van der Waals surface area contributed by atoms with Gasteiger partial charge in [-0.2, -0.15) is 0 Å². The predicted molar refractivity (Wildman–Crippen MR) is 92.0 cm³/mol. The van der Waals surface area contributed by atoms with Crippen LogP contribution in [0.5, 0.6) is 0 Å². The highest BCUT2D eigenvalue weighted by Crippen LogP contribution is 2.31. The maximum Gasteiger partial charge on any atom is 0.224 e. The van der Waals surface area contributed by atoms with Crippen LogP contribution in [0.1, 0.15) is 35.6 Å². The van der Waals surface area contributed by atoms with Gasteiger partial charge in [-0.05, 0) is 60.2 Å². The molecule has 1 amide bonds. The van der Waals surface area contributed by atoms with Crippen molar-refractivity contribution < 1.29 is 9.18 Å². The fourth-order valence-electron chi connectivity index (χ4n) is 3.02. The normalized spacial score (nSPS) is 16.1. The predicted octanol–water partition coefficient (Wildman–Crippen LogP) is 3.57. The van der Waals surface area contributed by atoms with Crippen molar-refractivity contribution >= 4 is 24.0 Å². The average Bonchev–Trinajstić information content (AvgIpc) is 2.49. The van der Waals surface area contributed by atoms with E-state index in [1.807, 2.05) is 18.2 Å². The van der Waals surface area contributed by atoms with Gasteiger partial charge in [0.25, 0.3) is 0 Å². The monoisotopic (exact) mass is 334 g/mol. The summed E-state index contributed by atoms with van der Waals surface area (Å²) in [7, 11) is 0. The smallest absolute Gasteiger partial charge is 0.224 e. The van der Waals surface area contributed by atoms with Crippen LogP contribution in [0.25, 0.3) is 0 Å². The minimum atomic E-state index is -0.289. The molecule has 0 aromatic heterocycles. The lowest BCUT2D eigenvalue weighted by Gasteiger charge is -2.26. The van der Waals surface area contributed by atoms with Crippen molar-refractivity contribution in [1.82, 2.24) is 5.32 Å². The lowest BCUT2D eigenvalue weighted by molar-refractivity contribution is -0.121. The van der Waals surface area contributed by atoms with E-state index < -0.39 is 0 Å². The van der Waals surface area contributed by atoms with Crippen molar-refractivity contribution in [2.45, 2.75) is 31.7 Å². The van der Waals surface area contributed by atoms with Crippen molar-refractivity contribution in [2.75, 3.05) is 5.73 Å². The summed E-state index contributed by atoms with van der Waals surface area (Å²) in [5, 5.41) is 3.08. The number of aryl methyl sites for hydroxylation is 1. The van der Waals surface area contributed by atoms with Crippen LogP contribution in [0, 0.1) is 5.82 Å². The van der Waals surface area contributed by atoms with Gasteiger partial charge in [-0.15, -0.1) is 12.4 Å². The van der Waals surface area contributed by atoms with E-state index in [4.69, 9.17) is 5.73 Å². The highest BCUT2D eigenvalue weighted by molar-refractivity contribution is 5.85. The molecular weight excluding hydrogens is 315 g/mol. The van der Waals surface area contributed by atoms with Gasteiger partial charge in [-0.25, -0.2) is 4.39 Å². The summed E-state index contributed by atoms with van der Waals surface area (Å²) in [6.07, 6.45) is 3.25. The molecule has 0 saturated carbocycles. The zero-order valence-corrected chi connectivity index (χ0v) is 13.5. The average molecular weight is 335 g/mol. The highest BCUT2D eigenvalue weighted by Gasteiger charge is 2.21. The van der Waals surface area contributed by atoms with Gasteiger partial charge in [0.2, 0.25) is 5.91 Å². The van der Waals surface area contributed by atoms with Crippen LogP contribution in [-0.4, -0.2) is 5.91 Å². The largest absolute Gasteiger partial charge is 0.399 e. The Morgan fingerprint density at radius 1 is 1.22 bits per heavy atom. The topological polar surface area (TPSA) is 55.1 Å². The third-order valence-corrected chi connectivity index (χ3v) is 4.09. The molecule has 0 fully saturated rings. The van der Waals surface area contributed by atoms with E-state index in [0.29, 0.717) is 0 Å². The second kappa shape index (κ2) is 7.47. The minimum absolute atomic E-state index is 0. The Labute approximate surface area is 141 Å². The highest BCUT2D eigenvalue weighted by atomic mass is 35.5. The van der Waals surface area contributed by atoms with Gasteiger partial charge >= 0.3 is 0 Å². The molecule has 2 aromatic rings. The number of anilines is 1. The third-order valence-electron chi connectivity index (χ3n) is 4.09. The molecule has 1 aliphatic carbocycles. The number of rotatable bonds is 3. The number of benzene rings is 2. The van der Waals surface area contributed by atoms with E-state index in [-0.39, 0.29) is 36.6 Å². The Kier molecular flexibility index (Phi) is 5.61. The summed E-state index contributed by atoms with van der Waals surface area (Å²) in [5.74, 6) is -0.329. The molecule has 2 aromatic carbocycles. The molecule has 0 spiro atoms. The van der Waals surface area contributed by atoms with E-state index in [2.05, 4.69) is 5.32 Å². The molecule has 0 heterocycles. The second-order valence-corrected chi connectivity index (χ2v) is 5.77. The van der Waals surface area contributed by atoms with Crippen molar-refractivity contribution in [2.24, 2.45) is 0 Å². The molecule has 0 bridgehead atoms. The summed E-state index contributed by atoms with van der Waals surface area (Å²) >= 11 is 0. The Balaban J connectivity index is 0.00000192. The first-order chi connectivity index (χ1) is 10.6. The summed E-state index contributed by atoms with van der Waals surface area (Å²) in [4.78, 5) is 12.2. The molecule has 3 nitrogen and oxygen atoms in total. The Hall–Kier alpha value is -2.07. The number of hydrogen-bond acceptors (Lipinski definition) is 2. The number of carbonyl (C=O) groups is 1. The molecule has 1 aliphatic rings. The number of nitrogens with two attached hydrogens (primary N) is 1. The SMILES string of the molecule is Cl.Nc1ccc2c(c1)CCCC2NC(=O)Cc1ccc(F)cc1. The molecule has 23 heavy (non-hydrogen) atoms. The molecule has 0 radical (unpaired) electrons. The van der Waals surface area contributed by atoms with Crippen LogP contribution < -0.4 is 11.1 Å². The van der Waals surface area contributed by atoms with E-state index in [0.717, 1.165) is 36.1 Å². The lowest BCUT2D eigenvalue weighted by Crippen LogP contribution is -2.32. The number of fused-ring (bicyclic) bond motifs is 1. The molecule has 3 N–H and O–H groups in total. The van der Waals surface area contributed by atoms with Crippen LogP contribution >= 0.6 is 12.4 Å². The van der Waals surface area contributed by atoms with E-state index in [9.17, 15) is 9.18 Å². The van der Waals surface area contributed by atoms with Gasteiger partial charge in [0, 0.05) is 5.69 Å². The first-order valence-corrected chi connectivity index (χ1v) is 7.54. The van der Waals surface area contributed by atoms with Crippen molar-refractivity contribution in [3.8, 4) is 0 Å². The zero-order chi connectivity index (χ0) is 15.5. The van der Waals surface area contributed by atoms with Gasteiger partial charge in [0.05, 0.1) is 12.5 Å². The number of hydrogen-bond donors (Lipinski definition) is 2. The Bertz CT molecular complexity index is 688. The van der Waals surface area contributed by atoms with Crippen molar-refractivity contribution in [3.05, 3.63) is 65.0 Å². The number of carbonyl (C=O) groups excluding carboxylic acids is 1. The van der Waals surface area contributed by atoms with Gasteiger partial charge in [0.15, 0.2) is 0 Å². The molecule has 0 saturated heterocycles. The van der Waals surface area contributed by atoms with Gasteiger partial charge in [-0.1, -0.05) is 18.2 Å². The summed E-state index contributed by atoms with van der Waals surface area (Å²) in [5.41, 5.74) is 9.78. The lowest BCUT2D eigenvalue weighted by atomic mass is 9.87. The zero-order valence-electron chi connectivity index (χ0n) is 12.7. The molecule has 5 heteroatoms. The standard InChI is InChI=1S/C18H19FN2O.ClH/c19-14-6-4-12(5-7-14)10-18(22)21-17-3-1-2-13-11-15(20)8-9-16(13)17;/h4-9,11,17H,1-3,10,20H2,(H,21,22);1H. The number of nitrogen functional groups attached to an aromatic ring is 1. The van der Waals surface area contributed by atoms with Gasteiger partial charge in [-0.3, -0.25) is 4.79 Å².